The van der Waals surface area contributed by atoms with Gasteiger partial charge in [-0.15, -0.1) is 0 Å². The Morgan fingerprint density at radius 3 is 2.28 bits per heavy atom. The van der Waals surface area contributed by atoms with Crippen molar-refractivity contribution in [2.75, 3.05) is 13.1 Å². The number of carbonyl (C=O) groups is 1. The van der Waals surface area contributed by atoms with Crippen LogP contribution in [0.5, 0.6) is 0 Å². The molecule has 0 aliphatic carbocycles. The summed E-state index contributed by atoms with van der Waals surface area (Å²) in [6.45, 7) is 10.2. The van der Waals surface area contributed by atoms with Gasteiger partial charge in [-0.05, 0) is 47.7 Å². The zero-order valence-corrected chi connectivity index (χ0v) is 26.3. The summed E-state index contributed by atoms with van der Waals surface area (Å²) in [4.78, 5) is 50.6. The first-order valence-corrected chi connectivity index (χ1v) is 14.8. The molecule has 1 aromatic carbocycles. The number of alkyl halides is 1. The van der Waals surface area contributed by atoms with Crippen LogP contribution in [0, 0.1) is 0 Å². The number of aromatic nitrogens is 4. The molecule has 1 saturated heterocycles. The van der Waals surface area contributed by atoms with Crippen LogP contribution in [0.15, 0.2) is 58.8 Å². The first-order valence-electron chi connectivity index (χ1n) is 13.7. The molecule has 0 radical (unpaired) electrons. The molecule has 1 aliphatic heterocycles. The molecular formula is C31H29Cl3FN5O3. The van der Waals surface area contributed by atoms with Crippen LogP contribution >= 0.6 is 34.8 Å². The summed E-state index contributed by atoms with van der Waals surface area (Å²) in [5.41, 5.74) is -1.37. The van der Waals surface area contributed by atoms with Crippen molar-refractivity contribution in [3.63, 3.8) is 0 Å². The molecule has 1 fully saturated rings. The normalized spacial score (nSPS) is 14.4. The van der Waals surface area contributed by atoms with Crippen molar-refractivity contribution in [1.29, 1.82) is 0 Å². The lowest BCUT2D eigenvalue weighted by molar-refractivity contribution is -0.141. The lowest BCUT2D eigenvalue weighted by Gasteiger charge is -2.44. The van der Waals surface area contributed by atoms with E-state index in [0.717, 1.165) is 16.2 Å². The van der Waals surface area contributed by atoms with E-state index in [1.165, 1.54) is 15.5 Å². The molecule has 0 saturated carbocycles. The zero-order valence-electron chi connectivity index (χ0n) is 24.0. The maximum absolute atomic E-state index is 15.9. The highest BCUT2D eigenvalue weighted by Crippen LogP contribution is 2.39. The van der Waals surface area contributed by atoms with Gasteiger partial charge in [0, 0.05) is 11.8 Å². The first-order chi connectivity index (χ1) is 20.3. The number of halogens is 4. The van der Waals surface area contributed by atoms with Crippen LogP contribution in [-0.2, 0) is 11.3 Å². The lowest BCUT2D eigenvalue weighted by Crippen LogP contribution is -2.63. The van der Waals surface area contributed by atoms with Gasteiger partial charge >= 0.3 is 11.1 Å². The molecule has 8 nitrogen and oxygen atoms in total. The minimum Gasteiger partial charge on any atom is -0.332 e. The summed E-state index contributed by atoms with van der Waals surface area (Å²) in [6, 6.07) is 8.20. The van der Waals surface area contributed by atoms with Crippen LogP contribution in [0.25, 0.3) is 28.1 Å². The highest BCUT2D eigenvalue weighted by molar-refractivity contribution is 6.41. The summed E-state index contributed by atoms with van der Waals surface area (Å²) in [5, 5.41) is 0.643. The van der Waals surface area contributed by atoms with Crippen molar-refractivity contribution in [2.24, 2.45) is 0 Å². The van der Waals surface area contributed by atoms with Crippen molar-refractivity contribution < 1.29 is 9.18 Å². The summed E-state index contributed by atoms with van der Waals surface area (Å²) in [5.74, 6) is -0.603. The maximum Gasteiger partial charge on any atom is 0.322 e. The Labute approximate surface area is 262 Å². The van der Waals surface area contributed by atoms with E-state index >= 15 is 4.39 Å². The number of nitrogens with zero attached hydrogens (tertiary/aromatic N) is 5. The number of amides is 1. The van der Waals surface area contributed by atoms with Gasteiger partial charge in [0.2, 0.25) is 5.91 Å². The lowest BCUT2D eigenvalue weighted by atomic mass is 9.95. The molecule has 4 aromatic rings. The van der Waals surface area contributed by atoms with E-state index in [1.807, 2.05) is 27.7 Å². The molecule has 0 bridgehead atoms. The van der Waals surface area contributed by atoms with Gasteiger partial charge in [-0.1, -0.05) is 75.1 Å². The van der Waals surface area contributed by atoms with Gasteiger partial charge < -0.3 is 4.90 Å². The molecular weight excluding hydrogens is 616 g/mol. The number of pyridine rings is 2. The van der Waals surface area contributed by atoms with Crippen LogP contribution in [-0.4, -0.2) is 48.7 Å². The minimum atomic E-state index is -1.97. The van der Waals surface area contributed by atoms with Crippen molar-refractivity contribution in [3.8, 4) is 16.9 Å². The quantitative estimate of drug-likeness (QED) is 0.168. The smallest absolute Gasteiger partial charge is 0.322 e. The standard InChI is InChI=1S/C31H29Cl3FN5O3/c1-6-23(41)38-13-31(35,14-38)15-39-22-12-21(34)26(24-19(32)8-7-9-20(24)33)37-28(22)40(30(43)29(39)42)27-18(16(2)3)10-11-36-25(27)17(4)5/h6-12,16-17H,1,13-15H2,2-5H3. The van der Waals surface area contributed by atoms with Gasteiger partial charge in [0.15, 0.2) is 11.3 Å². The Bertz CT molecular complexity index is 1870. The Kier molecular flexibility index (Phi) is 8.28. The van der Waals surface area contributed by atoms with Crippen LogP contribution in [0.4, 0.5) is 4.39 Å². The van der Waals surface area contributed by atoms with E-state index in [0.29, 0.717) is 16.9 Å². The first kappa shape index (κ1) is 30.9. The van der Waals surface area contributed by atoms with Crippen LogP contribution in [0.2, 0.25) is 15.1 Å². The molecule has 5 rings (SSSR count). The summed E-state index contributed by atoms with van der Waals surface area (Å²) >= 11 is 19.8. The van der Waals surface area contributed by atoms with Crippen LogP contribution in [0.1, 0.15) is 50.8 Å². The van der Waals surface area contributed by atoms with Gasteiger partial charge in [0.1, 0.15) is 0 Å². The van der Waals surface area contributed by atoms with Crippen molar-refractivity contribution in [1.82, 2.24) is 24.0 Å². The van der Waals surface area contributed by atoms with Crippen molar-refractivity contribution >= 4 is 51.9 Å². The average Bonchev–Trinajstić information content (AvgIpc) is 2.94. The third kappa shape index (κ3) is 5.39. The Balaban J connectivity index is 1.88. The zero-order chi connectivity index (χ0) is 31.4. The SMILES string of the molecule is C=CC(=O)N1CC(F)(Cn2c(=O)c(=O)n(-c3c(C(C)C)ccnc3C(C)C)c3nc(-c4c(Cl)cccc4Cl)c(Cl)cc32)C1. The molecule has 12 heteroatoms. The third-order valence-corrected chi connectivity index (χ3v) is 8.44. The Morgan fingerprint density at radius 2 is 1.70 bits per heavy atom. The Morgan fingerprint density at radius 1 is 1.05 bits per heavy atom. The molecule has 4 heterocycles. The number of carbonyl (C=O) groups excluding carboxylic acids is 1. The fourth-order valence-corrected chi connectivity index (χ4v) is 6.25. The molecule has 0 atom stereocenters. The predicted octanol–water partition coefficient (Wildman–Crippen LogP) is 6.55. The van der Waals surface area contributed by atoms with Crippen molar-refractivity contribution in [2.45, 2.75) is 51.7 Å². The predicted molar refractivity (Wildman–Crippen MR) is 169 cm³/mol. The number of fused-ring (bicyclic) bond motifs is 1. The van der Waals surface area contributed by atoms with E-state index in [2.05, 4.69) is 11.6 Å². The second-order valence-corrected chi connectivity index (χ2v) is 12.5. The summed E-state index contributed by atoms with van der Waals surface area (Å²) in [6.07, 6.45) is 2.77. The molecule has 3 aromatic heterocycles. The number of benzene rings is 1. The van der Waals surface area contributed by atoms with Crippen LogP contribution in [0.3, 0.4) is 0 Å². The highest BCUT2D eigenvalue weighted by Gasteiger charge is 2.46. The van der Waals surface area contributed by atoms with Crippen molar-refractivity contribution in [3.05, 3.63) is 96.2 Å². The fraction of sp³-hybridized carbons (Fsp3) is 0.323. The highest BCUT2D eigenvalue weighted by atomic mass is 35.5. The second-order valence-electron chi connectivity index (χ2n) is 11.3. The Hall–Kier alpha value is -3.53. The van der Waals surface area contributed by atoms with E-state index in [9.17, 15) is 14.4 Å². The van der Waals surface area contributed by atoms with E-state index in [-0.39, 0.29) is 56.9 Å². The molecule has 0 unspecified atom stereocenters. The van der Waals surface area contributed by atoms with Gasteiger partial charge in [0.25, 0.3) is 0 Å². The number of likely N-dealkylation sites (tertiary alicyclic amines) is 1. The summed E-state index contributed by atoms with van der Waals surface area (Å²) < 4.78 is 18.2. The molecule has 1 aliphatic rings. The van der Waals surface area contributed by atoms with E-state index in [1.54, 1.807) is 30.5 Å². The second kappa shape index (κ2) is 11.5. The van der Waals surface area contributed by atoms with Gasteiger partial charge in [0.05, 0.1) is 57.3 Å². The third-order valence-electron chi connectivity index (χ3n) is 7.52. The number of hydrogen-bond acceptors (Lipinski definition) is 5. The molecule has 0 N–H and O–H groups in total. The van der Waals surface area contributed by atoms with E-state index in [4.69, 9.17) is 39.8 Å². The topological polar surface area (TPSA) is 90.1 Å². The molecule has 1 amide bonds. The molecule has 224 valence electrons. The average molecular weight is 645 g/mol. The van der Waals surface area contributed by atoms with Gasteiger partial charge in [-0.2, -0.15) is 0 Å². The molecule has 0 spiro atoms. The molecule has 43 heavy (non-hydrogen) atoms. The number of rotatable bonds is 7. The fourth-order valence-electron chi connectivity index (χ4n) is 5.44. The largest absolute Gasteiger partial charge is 0.332 e. The monoisotopic (exact) mass is 643 g/mol. The van der Waals surface area contributed by atoms with E-state index < -0.39 is 29.2 Å². The van der Waals surface area contributed by atoms with Gasteiger partial charge in [-0.3, -0.25) is 28.5 Å². The maximum atomic E-state index is 15.9. The van der Waals surface area contributed by atoms with Crippen LogP contribution < -0.4 is 11.1 Å². The van der Waals surface area contributed by atoms with Gasteiger partial charge in [-0.25, -0.2) is 9.37 Å². The summed E-state index contributed by atoms with van der Waals surface area (Å²) in [7, 11) is 0. The number of hydrogen-bond donors (Lipinski definition) is 0. The minimum absolute atomic E-state index is 0.0536.